The smallest absolute Gasteiger partial charge is 0.338 e. The minimum atomic E-state index is -0.499. The van der Waals surface area contributed by atoms with Crippen LogP contribution >= 0.6 is 0 Å². The van der Waals surface area contributed by atoms with E-state index >= 15 is 0 Å². The topological polar surface area (TPSA) is 105 Å². The van der Waals surface area contributed by atoms with E-state index in [1.54, 1.807) is 84.9 Å². The molecule has 43 heavy (non-hydrogen) atoms. The van der Waals surface area contributed by atoms with Crippen molar-refractivity contribution in [1.82, 2.24) is 0 Å². The first-order valence-corrected chi connectivity index (χ1v) is 14.0. The summed E-state index contributed by atoms with van der Waals surface area (Å²) < 4.78 is 21.2. The molecule has 4 aromatic rings. The van der Waals surface area contributed by atoms with Crippen LogP contribution in [0.2, 0.25) is 0 Å². The molecule has 0 unspecified atom stereocenters. The Labute approximate surface area is 250 Å². The van der Waals surface area contributed by atoms with Gasteiger partial charge in [-0.3, -0.25) is 0 Å². The van der Waals surface area contributed by atoms with Crippen LogP contribution in [0.15, 0.2) is 109 Å². The Balaban J connectivity index is 1.19. The van der Waals surface area contributed by atoms with Gasteiger partial charge in [-0.2, -0.15) is 0 Å². The minimum Gasteiger partial charge on any atom is -0.462 e. The van der Waals surface area contributed by atoms with Gasteiger partial charge in [-0.25, -0.2) is 19.2 Å². The third kappa shape index (κ3) is 9.67. The maximum absolute atomic E-state index is 12.6. The first-order chi connectivity index (χ1) is 21.0. The molecule has 0 aliphatic rings. The lowest BCUT2D eigenvalue weighted by Gasteiger charge is -2.09. The SMILES string of the molecule is O=C(OCCCCOC(=O)c1cccc(-c2cccc(C(=O)OCCCOC(=O)c3ccccc3)c2)c1)c1ccccc1. The second kappa shape index (κ2) is 16.3. The fraction of sp³-hybridized carbons (Fsp3) is 0.200. The highest BCUT2D eigenvalue weighted by Gasteiger charge is 2.12. The molecule has 0 atom stereocenters. The molecule has 0 spiro atoms. The summed E-state index contributed by atoms with van der Waals surface area (Å²) >= 11 is 0. The standard InChI is InChI=1S/C35H32O8/c36-32(26-12-3-1-4-13-26)40-20-7-8-21-41-34(38)30-18-9-16-28(24-30)29-17-10-19-31(25-29)35(39)43-23-11-22-42-33(37)27-14-5-2-6-15-27/h1-6,9-10,12-19,24-25H,7-8,11,20-23H2. The molecule has 0 fully saturated rings. The van der Waals surface area contributed by atoms with Crippen molar-refractivity contribution in [3.05, 3.63) is 131 Å². The van der Waals surface area contributed by atoms with Gasteiger partial charge < -0.3 is 18.9 Å². The minimum absolute atomic E-state index is 0.0991. The Bertz CT molecular complexity index is 1520. The normalized spacial score (nSPS) is 10.4. The lowest BCUT2D eigenvalue weighted by atomic mass is 10.0. The van der Waals surface area contributed by atoms with E-state index in [0.29, 0.717) is 41.5 Å². The number of hydrogen-bond donors (Lipinski definition) is 0. The molecule has 0 saturated carbocycles. The zero-order valence-corrected chi connectivity index (χ0v) is 23.6. The summed E-state index contributed by atoms with van der Waals surface area (Å²) in [6.07, 6.45) is 1.48. The number of benzene rings is 4. The van der Waals surface area contributed by atoms with Gasteiger partial charge in [0.25, 0.3) is 0 Å². The zero-order chi connectivity index (χ0) is 30.3. The fourth-order valence-electron chi connectivity index (χ4n) is 4.06. The summed E-state index contributed by atoms with van der Waals surface area (Å²) in [5.74, 6) is -1.77. The van der Waals surface area contributed by atoms with Gasteiger partial charge in [0.1, 0.15) is 0 Å². The van der Waals surface area contributed by atoms with Gasteiger partial charge in [0, 0.05) is 6.42 Å². The molecule has 0 saturated heterocycles. The molecule has 4 rings (SSSR count). The number of ether oxygens (including phenoxy) is 4. The van der Waals surface area contributed by atoms with Gasteiger partial charge in [-0.15, -0.1) is 0 Å². The van der Waals surface area contributed by atoms with E-state index in [2.05, 4.69) is 0 Å². The molecule has 0 heterocycles. The maximum atomic E-state index is 12.6. The molecule has 0 bridgehead atoms. The number of carbonyl (C=O) groups is 4. The quantitative estimate of drug-likeness (QED) is 0.0939. The predicted octanol–water partition coefficient (Wildman–Crippen LogP) is 6.55. The van der Waals surface area contributed by atoms with E-state index in [1.807, 2.05) is 24.3 Å². The molecular formula is C35H32O8. The van der Waals surface area contributed by atoms with Crippen molar-refractivity contribution in [2.24, 2.45) is 0 Å². The Hall–Kier alpha value is -5.24. The number of esters is 4. The van der Waals surface area contributed by atoms with Crippen LogP contribution in [0.3, 0.4) is 0 Å². The van der Waals surface area contributed by atoms with Crippen LogP contribution in [0.5, 0.6) is 0 Å². The molecule has 0 radical (unpaired) electrons. The van der Waals surface area contributed by atoms with Crippen molar-refractivity contribution in [3.8, 4) is 11.1 Å². The monoisotopic (exact) mass is 580 g/mol. The van der Waals surface area contributed by atoms with Crippen LogP contribution < -0.4 is 0 Å². The van der Waals surface area contributed by atoms with E-state index in [1.165, 1.54) is 0 Å². The average molecular weight is 581 g/mol. The van der Waals surface area contributed by atoms with Crippen LogP contribution in [0.4, 0.5) is 0 Å². The summed E-state index contributed by atoms with van der Waals surface area (Å²) in [6.45, 7) is 0.660. The second-order valence-electron chi connectivity index (χ2n) is 9.50. The summed E-state index contributed by atoms with van der Waals surface area (Å²) in [5.41, 5.74) is 3.18. The molecule has 0 aliphatic heterocycles. The number of hydrogen-bond acceptors (Lipinski definition) is 8. The van der Waals surface area contributed by atoms with E-state index in [9.17, 15) is 19.2 Å². The van der Waals surface area contributed by atoms with Gasteiger partial charge in [0.2, 0.25) is 0 Å². The molecule has 8 heteroatoms. The van der Waals surface area contributed by atoms with Crippen LogP contribution in [-0.2, 0) is 18.9 Å². The van der Waals surface area contributed by atoms with Crippen LogP contribution in [0.1, 0.15) is 60.7 Å². The van der Waals surface area contributed by atoms with Gasteiger partial charge >= 0.3 is 23.9 Å². The Morgan fingerprint density at radius 2 is 0.698 bits per heavy atom. The van der Waals surface area contributed by atoms with Crippen LogP contribution in [0, 0.1) is 0 Å². The van der Waals surface area contributed by atoms with Gasteiger partial charge in [0.05, 0.1) is 48.7 Å². The highest BCUT2D eigenvalue weighted by atomic mass is 16.5. The first kappa shape index (κ1) is 30.7. The van der Waals surface area contributed by atoms with Crippen molar-refractivity contribution >= 4 is 23.9 Å². The molecule has 0 N–H and O–H groups in total. The summed E-state index contributed by atoms with van der Waals surface area (Å²) in [6, 6.07) is 31.3. The largest absolute Gasteiger partial charge is 0.462 e. The van der Waals surface area contributed by atoms with Gasteiger partial charge in [-0.1, -0.05) is 60.7 Å². The molecular weight excluding hydrogens is 548 g/mol. The van der Waals surface area contributed by atoms with Crippen LogP contribution in [0.25, 0.3) is 11.1 Å². The molecule has 0 amide bonds. The maximum Gasteiger partial charge on any atom is 0.338 e. The zero-order valence-electron chi connectivity index (χ0n) is 23.6. The number of carbonyl (C=O) groups excluding carboxylic acids is 4. The van der Waals surface area contributed by atoms with E-state index in [-0.39, 0.29) is 32.4 Å². The summed E-state index contributed by atoms with van der Waals surface area (Å²) in [5, 5.41) is 0. The second-order valence-corrected chi connectivity index (χ2v) is 9.50. The van der Waals surface area contributed by atoms with E-state index < -0.39 is 17.9 Å². The average Bonchev–Trinajstić information content (AvgIpc) is 3.06. The number of rotatable bonds is 14. The first-order valence-electron chi connectivity index (χ1n) is 14.0. The van der Waals surface area contributed by atoms with E-state index in [4.69, 9.17) is 18.9 Å². The van der Waals surface area contributed by atoms with Crippen molar-refractivity contribution in [2.75, 3.05) is 26.4 Å². The molecule has 4 aromatic carbocycles. The van der Waals surface area contributed by atoms with Crippen molar-refractivity contribution in [1.29, 1.82) is 0 Å². The Morgan fingerprint density at radius 1 is 0.372 bits per heavy atom. The molecule has 0 aromatic heterocycles. The van der Waals surface area contributed by atoms with E-state index in [0.717, 1.165) is 11.1 Å². The van der Waals surface area contributed by atoms with Crippen molar-refractivity contribution in [2.45, 2.75) is 19.3 Å². The highest BCUT2D eigenvalue weighted by Crippen LogP contribution is 2.22. The summed E-state index contributed by atoms with van der Waals surface area (Å²) in [7, 11) is 0. The van der Waals surface area contributed by atoms with Crippen LogP contribution in [-0.4, -0.2) is 50.3 Å². The summed E-state index contributed by atoms with van der Waals surface area (Å²) in [4.78, 5) is 49.1. The van der Waals surface area contributed by atoms with Gasteiger partial charge in [-0.05, 0) is 72.5 Å². The predicted molar refractivity (Wildman–Crippen MR) is 160 cm³/mol. The fourth-order valence-corrected chi connectivity index (χ4v) is 4.06. The molecule has 220 valence electrons. The lowest BCUT2D eigenvalue weighted by molar-refractivity contribution is 0.0394. The highest BCUT2D eigenvalue weighted by molar-refractivity contribution is 5.93. The lowest BCUT2D eigenvalue weighted by Crippen LogP contribution is -2.11. The van der Waals surface area contributed by atoms with Gasteiger partial charge in [0.15, 0.2) is 0 Å². The molecule has 0 aliphatic carbocycles. The number of unbranched alkanes of at least 4 members (excludes halogenated alkanes) is 1. The Morgan fingerprint density at radius 3 is 1.09 bits per heavy atom. The third-order valence-electron chi connectivity index (χ3n) is 6.31. The molecule has 8 nitrogen and oxygen atoms in total. The third-order valence-corrected chi connectivity index (χ3v) is 6.31. The van der Waals surface area contributed by atoms with Crippen molar-refractivity contribution < 1.29 is 38.1 Å². The Kier molecular flexibility index (Phi) is 11.6. The van der Waals surface area contributed by atoms with Crippen molar-refractivity contribution in [3.63, 3.8) is 0 Å².